The van der Waals surface area contributed by atoms with E-state index in [9.17, 15) is 14.4 Å². The zero-order valence-electron chi connectivity index (χ0n) is 13.2. The molecular weight excluding hydrogens is 304 g/mol. The van der Waals surface area contributed by atoms with Gasteiger partial charge in [-0.2, -0.15) is 0 Å². The lowest BCUT2D eigenvalue weighted by Crippen LogP contribution is -2.44. The highest BCUT2D eigenvalue weighted by Crippen LogP contribution is 2.52. The van der Waals surface area contributed by atoms with Crippen molar-refractivity contribution in [1.29, 1.82) is 0 Å². The number of Topliss-reactive ketones (excluding diaryl/α,β-unsaturated/α-hetero) is 3. The fourth-order valence-corrected chi connectivity index (χ4v) is 4.71. The third kappa shape index (κ3) is 1.59. The molecule has 4 heteroatoms. The lowest BCUT2D eigenvalue weighted by atomic mass is 9.68. The second-order valence-corrected chi connectivity index (χ2v) is 7.29. The maximum Gasteiger partial charge on any atom is 0.170 e. The summed E-state index contributed by atoms with van der Waals surface area (Å²) in [4.78, 5) is 38.6. The van der Waals surface area contributed by atoms with Crippen LogP contribution in [0.15, 0.2) is 36.4 Å². The molecule has 2 bridgehead atoms. The van der Waals surface area contributed by atoms with Crippen LogP contribution < -0.4 is 0 Å². The summed E-state index contributed by atoms with van der Waals surface area (Å²) < 4.78 is 5.92. The van der Waals surface area contributed by atoms with Gasteiger partial charge in [0.25, 0.3) is 0 Å². The van der Waals surface area contributed by atoms with Gasteiger partial charge in [0.1, 0.15) is 6.10 Å². The molecule has 2 aromatic carbocycles. The van der Waals surface area contributed by atoms with E-state index in [2.05, 4.69) is 0 Å². The van der Waals surface area contributed by atoms with E-state index in [4.69, 9.17) is 4.74 Å². The third-order valence-corrected chi connectivity index (χ3v) is 5.93. The molecule has 5 rings (SSSR count). The number of ether oxygens (including phenoxy) is 1. The number of carbonyl (C=O) groups is 3. The minimum absolute atomic E-state index is 0.0506. The smallest absolute Gasteiger partial charge is 0.170 e. The first-order valence-corrected chi connectivity index (χ1v) is 8.31. The zero-order valence-corrected chi connectivity index (χ0v) is 13.2. The summed E-state index contributed by atoms with van der Waals surface area (Å²) in [6.45, 7) is 1.87. The minimum Gasteiger partial charge on any atom is -0.363 e. The van der Waals surface area contributed by atoms with Crippen molar-refractivity contribution >= 4 is 28.1 Å². The van der Waals surface area contributed by atoms with Gasteiger partial charge in [0.05, 0.1) is 17.4 Å². The topological polar surface area (TPSA) is 60.4 Å². The van der Waals surface area contributed by atoms with Gasteiger partial charge in [-0.3, -0.25) is 14.4 Å². The van der Waals surface area contributed by atoms with Crippen molar-refractivity contribution in [3.63, 3.8) is 0 Å². The Balaban J connectivity index is 1.76. The molecule has 1 aliphatic carbocycles. The van der Waals surface area contributed by atoms with E-state index in [1.165, 1.54) is 0 Å². The van der Waals surface area contributed by atoms with Crippen LogP contribution in [0.5, 0.6) is 0 Å². The fourth-order valence-electron chi connectivity index (χ4n) is 4.71. The monoisotopic (exact) mass is 320 g/mol. The first kappa shape index (κ1) is 14.1. The summed E-state index contributed by atoms with van der Waals surface area (Å²) in [6.07, 6.45) is 0.128. The second kappa shape index (κ2) is 4.39. The molecule has 24 heavy (non-hydrogen) atoms. The normalized spacial score (nSPS) is 34.4. The van der Waals surface area contributed by atoms with Crippen LogP contribution in [-0.2, 0) is 9.53 Å². The molecule has 3 aliphatic rings. The molecule has 0 amide bonds. The molecule has 4 unspecified atom stereocenters. The largest absolute Gasteiger partial charge is 0.363 e. The predicted molar refractivity (Wildman–Crippen MR) is 87.1 cm³/mol. The highest BCUT2D eigenvalue weighted by atomic mass is 16.5. The molecule has 0 radical (unpaired) electrons. The average Bonchev–Trinajstić information content (AvgIpc) is 2.85. The van der Waals surface area contributed by atoms with Gasteiger partial charge in [-0.15, -0.1) is 0 Å². The van der Waals surface area contributed by atoms with E-state index >= 15 is 0 Å². The maximum atomic E-state index is 13.2. The minimum atomic E-state index is -0.759. The van der Waals surface area contributed by atoms with E-state index < -0.39 is 23.5 Å². The van der Waals surface area contributed by atoms with Crippen LogP contribution >= 0.6 is 0 Å². The van der Waals surface area contributed by atoms with Crippen LogP contribution in [0.4, 0.5) is 0 Å². The Morgan fingerprint density at radius 1 is 1.00 bits per heavy atom. The molecule has 2 saturated heterocycles. The number of hydrogen-bond donors (Lipinski definition) is 0. The lowest BCUT2D eigenvalue weighted by molar-refractivity contribution is -0.145. The van der Waals surface area contributed by atoms with Crippen LogP contribution in [0.25, 0.3) is 10.8 Å². The Morgan fingerprint density at radius 2 is 1.62 bits per heavy atom. The van der Waals surface area contributed by atoms with E-state index in [1.54, 1.807) is 6.07 Å². The molecule has 0 spiro atoms. The first-order valence-electron chi connectivity index (χ1n) is 8.31. The quantitative estimate of drug-likeness (QED) is 0.749. The van der Waals surface area contributed by atoms with Crippen molar-refractivity contribution in [2.24, 2.45) is 11.8 Å². The fraction of sp³-hybridized carbons (Fsp3) is 0.350. The van der Waals surface area contributed by atoms with Crippen molar-refractivity contribution in [2.45, 2.75) is 31.5 Å². The van der Waals surface area contributed by atoms with E-state index in [-0.39, 0.29) is 17.3 Å². The van der Waals surface area contributed by atoms with Crippen LogP contribution in [-0.4, -0.2) is 29.1 Å². The Labute approximate surface area is 138 Å². The van der Waals surface area contributed by atoms with E-state index in [0.717, 1.165) is 10.8 Å². The molecule has 2 aliphatic heterocycles. The summed E-state index contributed by atoms with van der Waals surface area (Å²) in [7, 11) is 0. The maximum absolute atomic E-state index is 13.2. The molecule has 4 atom stereocenters. The summed E-state index contributed by atoms with van der Waals surface area (Å²) in [5.41, 5.74) is 0.205. The van der Waals surface area contributed by atoms with Gasteiger partial charge in [-0.1, -0.05) is 24.3 Å². The van der Waals surface area contributed by atoms with Gasteiger partial charge in [0.15, 0.2) is 17.3 Å². The Bertz CT molecular complexity index is 944. The molecule has 2 heterocycles. The van der Waals surface area contributed by atoms with Crippen molar-refractivity contribution in [1.82, 2.24) is 0 Å². The van der Waals surface area contributed by atoms with Crippen LogP contribution in [0.2, 0.25) is 0 Å². The Morgan fingerprint density at radius 3 is 2.29 bits per heavy atom. The van der Waals surface area contributed by atoms with Crippen molar-refractivity contribution in [2.75, 3.05) is 0 Å². The highest BCUT2D eigenvalue weighted by Gasteiger charge is 2.64. The predicted octanol–water partition coefficient (Wildman–Crippen LogP) is 2.97. The van der Waals surface area contributed by atoms with Gasteiger partial charge in [0, 0.05) is 17.5 Å². The zero-order chi connectivity index (χ0) is 16.6. The molecule has 2 fully saturated rings. The number of ketones is 3. The summed E-state index contributed by atoms with van der Waals surface area (Å²) in [5.74, 6) is -1.43. The van der Waals surface area contributed by atoms with E-state index in [0.29, 0.717) is 24.0 Å². The van der Waals surface area contributed by atoms with Gasteiger partial charge in [0.2, 0.25) is 0 Å². The number of carbonyl (C=O) groups excluding carboxylic acids is 3. The molecular formula is C20H16O4. The van der Waals surface area contributed by atoms with Gasteiger partial charge in [-0.05, 0) is 36.2 Å². The molecule has 0 saturated carbocycles. The highest BCUT2D eigenvalue weighted by molar-refractivity contribution is 6.20. The summed E-state index contributed by atoms with van der Waals surface area (Å²) in [6, 6.07) is 11.3. The number of rotatable bonds is 0. The molecule has 4 nitrogen and oxygen atoms in total. The van der Waals surface area contributed by atoms with Crippen molar-refractivity contribution < 1.29 is 19.1 Å². The number of benzene rings is 2. The number of fused-ring (bicyclic) bond motifs is 7. The van der Waals surface area contributed by atoms with Gasteiger partial charge < -0.3 is 4.74 Å². The second-order valence-electron chi connectivity index (χ2n) is 7.29. The van der Waals surface area contributed by atoms with Gasteiger partial charge in [-0.25, -0.2) is 0 Å². The van der Waals surface area contributed by atoms with Crippen LogP contribution in [0, 0.1) is 11.8 Å². The summed E-state index contributed by atoms with van der Waals surface area (Å²) >= 11 is 0. The molecule has 2 aromatic rings. The Kier molecular flexibility index (Phi) is 2.57. The molecule has 0 N–H and O–H groups in total. The first-order chi connectivity index (χ1) is 11.5. The average molecular weight is 320 g/mol. The Hall–Kier alpha value is -2.33. The van der Waals surface area contributed by atoms with Crippen molar-refractivity contribution in [3.05, 3.63) is 47.5 Å². The molecule has 0 aromatic heterocycles. The lowest BCUT2D eigenvalue weighted by Gasteiger charge is -2.33. The molecule has 120 valence electrons. The van der Waals surface area contributed by atoms with Crippen LogP contribution in [0.1, 0.15) is 40.5 Å². The third-order valence-electron chi connectivity index (χ3n) is 5.93. The van der Waals surface area contributed by atoms with E-state index in [1.807, 2.05) is 37.3 Å². The SMILES string of the molecule is CC12CCC(=O)C(O1)C1C(=O)c3cc4ccccc4cc3C(=O)C12. The van der Waals surface area contributed by atoms with Crippen LogP contribution in [0.3, 0.4) is 0 Å². The summed E-state index contributed by atoms with van der Waals surface area (Å²) in [5, 5.41) is 1.87. The number of hydrogen-bond acceptors (Lipinski definition) is 4. The standard InChI is InChI=1S/C20H16O4/c1-20-7-6-14(21)19(24-20)15-16(20)18(23)13-9-11-5-3-2-4-10(11)8-12(13)17(15)22/h2-5,8-9,15-16,19H,6-7H2,1H3. The van der Waals surface area contributed by atoms with Gasteiger partial charge >= 0.3 is 0 Å². The van der Waals surface area contributed by atoms with Crippen molar-refractivity contribution in [3.8, 4) is 0 Å².